The highest BCUT2D eigenvalue weighted by Crippen LogP contribution is 2.17. The molecule has 140 valence electrons. The maximum atomic E-state index is 12.3. The third kappa shape index (κ3) is 8.39. The molecule has 0 aliphatic rings. The molecule has 1 unspecified atom stereocenters. The predicted molar refractivity (Wildman–Crippen MR) is 92.6 cm³/mol. The van der Waals surface area contributed by atoms with Crippen LogP contribution in [0.3, 0.4) is 0 Å². The fourth-order valence-corrected chi connectivity index (χ4v) is 2.13. The molecule has 7 heteroatoms. The van der Waals surface area contributed by atoms with Gasteiger partial charge >= 0.3 is 5.97 Å². The Labute approximate surface area is 148 Å². The van der Waals surface area contributed by atoms with Crippen LogP contribution in [-0.4, -0.2) is 60.9 Å². The Bertz CT molecular complexity index is 529. The molecule has 1 aromatic carbocycles. The van der Waals surface area contributed by atoms with E-state index in [2.05, 4.69) is 0 Å². The molecule has 7 nitrogen and oxygen atoms in total. The lowest BCUT2D eigenvalue weighted by Crippen LogP contribution is -2.40. The van der Waals surface area contributed by atoms with Gasteiger partial charge in [-0.2, -0.15) is 0 Å². The minimum atomic E-state index is -0.698. The number of rotatable bonds is 11. The Morgan fingerprint density at radius 3 is 2.20 bits per heavy atom. The number of aliphatic hydroxyl groups is 1. The van der Waals surface area contributed by atoms with E-state index in [0.717, 1.165) is 5.75 Å². The van der Waals surface area contributed by atoms with Crippen LogP contribution in [0.4, 0.5) is 0 Å². The second kappa shape index (κ2) is 11.3. The molecule has 1 amide bonds. The van der Waals surface area contributed by atoms with Crippen molar-refractivity contribution in [3.63, 3.8) is 0 Å². The van der Waals surface area contributed by atoms with E-state index < -0.39 is 6.10 Å². The predicted octanol–water partition coefficient (Wildman–Crippen LogP) is 1.63. The van der Waals surface area contributed by atoms with Crippen molar-refractivity contribution in [3.8, 4) is 11.5 Å². The van der Waals surface area contributed by atoms with Gasteiger partial charge in [-0.25, -0.2) is 0 Å². The van der Waals surface area contributed by atoms with E-state index >= 15 is 0 Å². The van der Waals surface area contributed by atoms with Crippen LogP contribution in [0.5, 0.6) is 11.5 Å². The molecule has 1 N–H and O–H groups in total. The molecule has 0 radical (unpaired) electrons. The van der Waals surface area contributed by atoms with Gasteiger partial charge in [-0.15, -0.1) is 0 Å². The molecule has 0 saturated heterocycles. The monoisotopic (exact) mass is 353 g/mol. The minimum Gasteiger partial charge on any atom is -0.494 e. The van der Waals surface area contributed by atoms with E-state index in [9.17, 15) is 14.7 Å². The molecule has 0 aliphatic heterocycles. The van der Waals surface area contributed by atoms with Crippen molar-refractivity contribution < 1.29 is 28.9 Å². The van der Waals surface area contributed by atoms with Crippen molar-refractivity contribution in [1.82, 2.24) is 4.90 Å². The highest BCUT2D eigenvalue weighted by atomic mass is 16.5. The summed E-state index contributed by atoms with van der Waals surface area (Å²) in [5, 5.41) is 9.54. The molecule has 0 heterocycles. The van der Waals surface area contributed by atoms with Crippen molar-refractivity contribution in [3.05, 3.63) is 24.3 Å². The Balaban J connectivity index is 2.54. The van der Waals surface area contributed by atoms with Crippen molar-refractivity contribution in [2.24, 2.45) is 0 Å². The molecular formula is C18H27NO6. The van der Waals surface area contributed by atoms with Gasteiger partial charge in [0.25, 0.3) is 5.91 Å². The van der Waals surface area contributed by atoms with E-state index in [0.29, 0.717) is 19.0 Å². The number of hydrogen-bond acceptors (Lipinski definition) is 6. The zero-order chi connectivity index (χ0) is 18.7. The van der Waals surface area contributed by atoms with Crippen LogP contribution in [-0.2, 0) is 14.3 Å². The molecular weight excluding hydrogens is 326 g/mol. The van der Waals surface area contributed by atoms with Gasteiger partial charge in [0.15, 0.2) is 6.61 Å². The smallest absolute Gasteiger partial charge is 0.307 e. The zero-order valence-electron chi connectivity index (χ0n) is 15.1. The molecule has 0 fully saturated rings. The summed E-state index contributed by atoms with van der Waals surface area (Å²) in [5.41, 5.74) is 0. The summed E-state index contributed by atoms with van der Waals surface area (Å²) in [7, 11) is 0. The molecule has 0 saturated carbocycles. The van der Waals surface area contributed by atoms with Gasteiger partial charge in [0.05, 0.1) is 25.7 Å². The van der Waals surface area contributed by atoms with E-state index in [1.54, 1.807) is 38.1 Å². The molecule has 1 atom stereocenters. The lowest BCUT2D eigenvalue weighted by atomic mass is 10.3. The maximum Gasteiger partial charge on any atom is 0.307 e. The Hall–Kier alpha value is -2.28. The number of aliphatic hydroxyl groups excluding tert-OH is 1. The first-order valence-electron chi connectivity index (χ1n) is 8.43. The highest BCUT2D eigenvalue weighted by molar-refractivity contribution is 5.78. The largest absolute Gasteiger partial charge is 0.494 e. The summed E-state index contributed by atoms with van der Waals surface area (Å²) in [6.07, 6.45) is -0.619. The second-order valence-electron chi connectivity index (χ2n) is 5.44. The SMILES string of the molecule is CCOC(=O)CCN(CC(C)O)C(=O)COc1ccc(OCC)cc1. The topological polar surface area (TPSA) is 85.3 Å². The molecule has 0 aliphatic carbocycles. The quantitative estimate of drug-likeness (QED) is 0.609. The first-order valence-corrected chi connectivity index (χ1v) is 8.43. The number of benzene rings is 1. The fourth-order valence-electron chi connectivity index (χ4n) is 2.13. The Morgan fingerprint density at radius 1 is 1.08 bits per heavy atom. The third-order valence-corrected chi connectivity index (χ3v) is 3.23. The maximum absolute atomic E-state index is 12.3. The number of ether oxygens (including phenoxy) is 3. The van der Waals surface area contributed by atoms with Crippen LogP contribution in [0.15, 0.2) is 24.3 Å². The van der Waals surface area contributed by atoms with Gasteiger partial charge in [0.1, 0.15) is 11.5 Å². The van der Waals surface area contributed by atoms with Gasteiger partial charge in [-0.1, -0.05) is 0 Å². The molecule has 25 heavy (non-hydrogen) atoms. The molecule has 0 spiro atoms. The van der Waals surface area contributed by atoms with Crippen LogP contribution < -0.4 is 9.47 Å². The van der Waals surface area contributed by atoms with Gasteiger partial charge in [-0.3, -0.25) is 9.59 Å². The minimum absolute atomic E-state index is 0.0787. The normalized spacial score (nSPS) is 11.5. The lowest BCUT2D eigenvalue weighted by Gasteiger charge is -2.23. The summed E-state index contributed by atoms with van der Waals surface area (Å²) in [4.78, 5) is 25.2. The Kier molecular flexibility index (Phi) is 9.39. The molecule has 1 rings (SSSR count). The average molecular weight is 353 g/mol. The first-order chi connectivity index (χ1) is 12.0. The highest BCUT2D eigenvalue weighted by Gasteiger charge is 2.18. The standard InChI is InChI=1S/C18H27NO6/c1-4-23-15-6-8-16(9-7-15)25-13-17(21)19(12-14(3)20)11-10-18(22)24-5-2/h6-9,14,20H,4-5,10-13H2,1-3H3. The van der Waals surface area contributed by atoms with Crippen LogP contribution >= 0.6 is 0 Å². The van der Waals surface area contributed by atoms with Crippen molar-refractivity contribution >= 4 is 11.9 Å². The average Bonchev–Trinajstić information content (AvgIpc) is 2.58. The van der Waals surface area contributed by atoms with E-state index in [-0.39, 0.29) is 38.0 Å². The van der Waals surface area contributed by atoms with Gasteiger partial charge in [-0.05, 0) is 45.0 Å². The van der Waals surface area contributed by atoms with E-state index in [4.69, 9.17) is 14.2 Å². The first kappa shape index (κ1) is 20.8. The number of hydrogen-bond donors (Lipinski definition) is 1. The van der Waals surface area contributed by atoms with E-state index in [1.807, 2.05) is 6.92 Å². The van der Waals surface area contributed by atoms with Gasteiger partial charge in [0.2, 0.25) is 0 Å². The van der Waals surface area contributed by atoms with E-state index in [1.165, 1.54) is 4.90 Å². The van der Waals surface area contributed by atoms with Crippen molar-refractivity contribution in [1.29, 1.82) is 0 Å². The number of carbonyl (C=O) groups excluding carboxylic acids is 2. The summed E-state index contributed by atoms with van der Waals surface area (Å²) in [6.45, 7) is 6.20. The second-order valence-corrected chi connectivity index (χ2v) is 5.44. The lowest BCUT2D eigenvalue weighted by molar-refractivity contribution is -0.144. The molecule has 0 bridgehead atoms. The molecule has 0 aromatic heterocycles. The number of carbonyl (C=O) groups is 2. The van der Waals surface area contributed by atoms with Crippen LogP contribution in [0.2, 0.25) is 0 Å². The van der Waals surface area contributed by atoms with Gasteiger partial charge < -0.3 is 24.2 Å². The summed E-state index contributed by atoms with van der Waals surface area (Å²) in [5.74, 6) is 0.586. The Morgan fingerprint density at radius 2 is 1.68 bits per heavy atom. The van der Waals surface area contributed by atoms with Crippen LogP contribution in [0.25, 0.3) is 0 Å². The number of esters is 1. The zero-order valence-corrected chi connectivity index (χ0v) is 15.1. The van der Waals surface area contributed by atoms with Crippen LogP contribution in [0, 0.1) is 0 Å². The number of nitrogens with zero attached hydrogens (tertiary/aromatic N) is 1. The third-order valence-electron chi connectivity index (χ3n) is 3.23. The summed E-state index contributed by atoms with van der Waals surface area (Å²) < 4.78 is 15.7. The van der Waals surface area contributed by atoms with Crippen molar-refractivity contribution in [2.75, 3.05) is 32.9 Å². The van der Waals surface area contributed by atoms with Crippen molar-refractivity contribution in [2.45, 2.75) is 33.3 Å². The summed E-state index contributed by atoms with van der Waals surface area (Å²) >= 11 is 0. The number of amides is 1. The fraction of sp³-hybridized carbons (Fsp3) is 0.556. The summed E-state index contributed by atoms with van der Waals surface area (Å²) in [6, 6.07) is 6.96. The molecule has 1 aromatic rings. The van der Waals surface area contributed by atoms with Gasteiger partial charge in [0, 0.05) is 13.1 Å². The van der Waals surface area contributed by atoms with Crippen LogP contribution in [0.1, 0.15) is 27.2 Å².